The average Bonchev–Trinajstić information content (AvgIpc) is 4.10. The van der Waals surface area contributed by atoms with E-state index in [0.29, 0.717) is 117 Å². The lowest BCUT2D eigenvalue weighted by atomic mass is 10.2. The van der Waals surface area contributed by atoms with Crippen molar-refractivity contribution >= 4 is 101 Å². The van der Waals surface area contributed by atoms with Crippen LogP contribution in [0.5, 0.6) is 23.0 Å². The second kappa shape index (κ2) is 31.0. The van der Waals surface area contributed by atoms with Crippen molar-refractivity contribution in [2.75, 3.05) is 97.8 Å². The van der Waals surface area contributed by atoms with E-state index >= 15 is 0 Å². The van der Waals surface area contributed by atoms with Gasteiger partial charge in [-0.25, -0.2) is 13.1 Å². The first kappa shape index (κ1) is 59.7. The minimum atomic E-state index is -0.218. The smallest absolute Gasteiger partial charge is 0.432 e. The largest absolute Gasteiger partial charge is 0.494 e. The third-order valence-corrected chi connectivity index (χ3v) is 13.5. The maximum Gasteiger partial charge on any atom is 0.432 e. The van der Waals surface area contributed by atoms with Crippen molar-refractivity contribution in [3.05, 3.63) is 95.6 Å². The normalized spacial score (nSPS) is 10.8. The number of benzene rings is 4. The molecule has 4 aromatic carbocycles. The Morgan fingerprint density at radius 1 is 0.613 bits per heavy atom. The van der Waals surface area contributed by atoms with Crippen LogP contribution < -0.4 is 59.4 Å². The zero-order valence-corrected chi connectivity index (χ0v) is 47.0. The molecule has 0 radical (unpaired) electrons. The van der Waals surface area contributed by atoms with Crippen LogP contribution in [-0.4, -0.2) is 88.7 Å². The molecule has 0 unspecified atom stereocenters. The summed E-state index contributed by atoms with van der Waals surface area (Å²) in [7, 11) is 3.07. The van der Waals surface area contributed by atoms with Crippen LogP contribution in [0.25, 0.3) is 9.69 Å². The zero-order chi connectivity index (χ0) is 57.2. The van der Waals surface area contributed by atoms with E-state index in [1.54, 1.807) is 47.5 Å². The van der Waals surface area contributed by atoms with Gasteiger partial charge in [0.15, 0.2) is 0 Å². The van der Waals surface area contributed by atoms with Gasteiger partial charge in [0, 0.05) is 49.4 Å². The number of hydrogen-bond acceptors (Lipinski definition) is 20. The fourth-order valence-electron chi connectivity index (χ4n) is 7.34. The molecule has 80 heavy (non-hydrogen) atoms. The number of methoxy groups -OCH3 is 2. The van der Waals surface area contributed by atoms with Crippen LogP contribution in [0.2, 0.25) is 0 Å². The Kier molecular flexibility index (Phi) is 23.2. The summed E-state index contributed by atoms with van der Waals surface area (Å²) in [6, 6.07) is 25.8. The first-order chi connectivity index (χ1) is 39.0. The van der Waals surface area contributed by atoms with E-state index in [-0.39, 0.29) is 63.8 Å². The first-order valence-corrected chi connectivity index (χ1v) is 27.2. The van der Waals surface area contributed by atoms with Crippen molar-refractivity contribution in [1.29, 1.82) is 10.5 Å². The fraction of sp³-hybridized carbons (Fsp3) is 0.370. The van der Waals surface area contributed by atoms with E-state index in [1.807, 2.05) is 72.2 Å². The van der Waals surface area contributed by atoms with Crippen LogP contribution >= 0.6 is 22.7 Å². The average molecular weight is 1120 g/mol. The molecule has 0 aliphatic heterocycles. The summed E-state index contributed by atoms with van der Waals surface area (Å²) in [4.78, 5) is 36.1. The van der Waals surface area contributed by atoms with Gasteiger partial charge in [-0.1, -0.05) is 24.0 Å². The number of rotatable bonds is 31. The summed E-state index contributed by atoms with van der Waals surface area (Å²) < 4.78 is 26.9. The van der Waals surface area contributed by atoms with Gasteiger partial charge in [-0.3, -0.25) is 9.59 Å². The molecule has 0 spiro atoms. The number of ether oxygens (including phenoxy) is 4. The first-order valence-electron chi connectivity index (χ1n) is 25.6. The summed E-state index contributed by atoms with van der Waals surface area (Å²) in [5.74, 6) is 1.71. The number of amides is 2. The molecule has 2 aromatic heterocycles. The second-order valence-corrected chi connectivity index (χ2v) is 18.7. The van der Waals surface area contributed by atoms with Gasteiger partial charge in [0.2, 0.25) is 35.2 Å². The highest BCUT2D eigenvalue weighted by Gasteiger charge is 2.26. The van der Waals surface area contributed by atoms with Gasteiger partial charge in [0.1, 0.15) is 60.7 Å². The van der Waals surface area contributed by atoms with Gasteiger partial charge in [0.05, 0.1) is 85.3 Å². The van der Waals surface area contributed by atoms with Crippen LogP contribution in [0.4, 0.5) is 66.0 Å². The molecule has 4 N–H and O–H groups in total. The van der Waals surface area contributed by atoms with Gasteiger partial charge in [-0.15, -0.1) is 9.36 Å². The van der Waals surface area contributed by atoms with Crippen molar-refractivity contribution in [3.63, 3.8) is 0 Å². The molecule has 24 nitrogen and oxygen atoms in total. The molecule has 0 saturated heterocycles. The van der Waals surface area contributed by atoms with E-state index in [4.69, 9.17) is 32.1 Å². The maximum atomic E-state index is 12.7. The fourth-order valence-corrected chi connectivity index (χ4v) is 9.28. The highest BCUT2D eigenvalue weighted by atomic mass is 32.1. The molecule has 0 atom stereocenters. The van der Waals surface area contributed by atoms with E-state index < -0.39 is 0 Å². The standard InChI is InChI=1S/C54H60N18O6S2/c1-9-49(73)61-41-33-45(47(75-7)35-43(41)63-65-51-71(11-3)67-53(79-51)69(27-13-23-55)28-14-24-56)59-37-15-19-39(20-16-37)77-31-32-78-40-21-17-38(18-22-40)60-46-34-42(62-50(74)10-2)44(36-48(46)76-8)64-66-52-72(12-4)68-54(80-52)70(29-25-57-5)30-26-58-6/h15-22,33-36H,9-14,25-32H2,1-4,7-8H3,(H2,59,60,61,62,73,74)/p+2. The highest BCUT2D eigenvalue weighted by Crippen LogP contribution is 2.41. The van der Waals surface area contributed by atoms with E-state index in [2.05, 4.69) is 73.7 Å². The Labute approximate surface area is 472 Å². The van der Waals surface area contributed by atoms with Crippen LogP contribution in [0.3, 0.4) is 0 Å². The summed E-state index contributed by atoms with van der Waals surface area (Å²) in [6.45, 7) is 25.6. The van der Waals surface area contributed by atoms with Crippen LogP contribution in [0.1, 0.15) is 53.4 Å². The number of nitrogens with one attached hydrogen (secondary N) is 4. The molecule has 2 heterocycles. The number of hydrogen-bond donors (Lipinski definition) is 4. The molecule has 6 rings (SSSR count). The Bertz CT molecular complexity index is 3030. The zero-order valence-electron chi connectivity index (χ0n) is 45.4. The predicted molar refractivity (Wildman–Crippen MR) is 306 cm³/mol. The van der Waals surface area contributed by atoms with E-state index in [1.165, 1.54) is 36.9 Å². The highest BCUT2D eigenvalue weighted by molar-refractivity contribution is 7.18. The summed E-state index contributed by atoms with van der Waals surface area (Å²) in [5, 5.41) is 60.6. The van der Waals surface area contributed by atoms with Crippen molar-refractivity contribution < 1.29 is 37.9 Å². The third kappa shape index (κ3) is 17.0. The number of nitriles is 2. The van der Waals surface area contributed by atoms with Crippen molar-refractivity contribution in [1.82, 2.24) is 10.2 Å². The molecule has 0 aliphatic carbocycles. The number of aryl methyl sites for hydroxylation is 2. The molecule has 26 heteroatoms. The Balaban J connectivity index is 1.07. The van der Waals surface area contributed by atoms with E-state index in [0.717, 1.165) is 11.4 Å². The van der Waals surface area contributed by atoms with Crippen molar-refractivity contribution in [3.8, 4) is 35.1 Å². The topological polar surface area (TPSA) is 265 Å². The van der Waals surface area contributed by atoms with Gasteiger partial charge in [-0.05, 0) is 107 Å². The summed E-state index contributed by atoms with van der Waals surface area (Å²) in [5.41, 5.74) is 4.13. The van der Waals surface area contributed by atoms with E-state index in [9.17, 15) is 20.1 Å². The lowest BCUT2D eigenvalue weighted by Gasteiger charge is -2.17. The van der Waals surface area contributed by atoms with Gasteiger partial charge in [-0.2, -0.15) is 10.5 Å². The Morgan fingerprint density at radius 2 is 1.01 bits per heavy atom. The Hall–Kier alpha value is -9.50. The lowest BCUT2D eigenvalue weighted by Crippen LogP contribution is -2.36. The van der Waals surface area contributed by atoms with Crippen molar-refractivity contribution in [2.24, 2.45) is 20.5 Å². The second-order valence-electron chi connectivity index (χ2n) is 16.9. The monoisotopic (exact) mass is 1120 g/mol. The molecule has 0 saturated carbocycles. The van der Waals surface area contributed by atoms with Crippen LogP contribution in [-0.2, 0) is 22.7 Å². The quantitative estimate of drug-likeness (QED) is 0.0137. The summed E-state index contributed by atoms with van der Waals surface area (Å²) in [6.07, 6.45) is 1.03. The Morgan fingerprint density at radius 3 is 1.36 bits per heavy atom. The number of carbonyl (C=O) groups excluding carboxylic acids is 2. The minimum absolute atomic E-state index is 0.215. The molecular formula is C54H62N18O6S2+2. The SMILES string of the molecule is [C-]#[N+]CCN(CC[N+]#[C-])c1n[n+](CC)c(N=Nc2cc(OC)c(Nc3ccc(OCCOc4ccc(Nc5cc(NC(=O)CC)c(N=Nc6sc(N(CCC#N)CCC#N)n[n+]6CC)cc5OC)cc4)cc3)cc2NC(=O)CC)s1. The number of aromatic nitrogens is 4. The van der Waals surface area contributed by atoms with Crippen LogP contribution in [0.15, 0.2) is 93.3 Å². The van der Waals surface area contributed by atoms with Gasteiger partial charge in [0.25, 0.3) is 0 Å². The minimum Gasteiger partial charge on any atom is -0.494 e. The van der Waals surface area contributed by atoms with Gasteiger partial charge >= 0.3 is 10.3 Å². The molecule has 0 fully saturated rings. The molecule has 2 amide bonds. The predicted octanol–water partition coefficient (Wildman–Crippen LogP) is 11.0. The number of azo groups is 2. The van der Waals surface area contributed by atoms with Crippen LogP contribution in [0, 0.1) is 35.8 Å². The number of anilines is 8. The lowest BCUT2D eigenvalue weighted by molar-refractivity contribution is -0.733. The maximum absolute atomic E-state index is 12.7. The molecule has 414 valence electrons. The third-order valence-electron chi connectivity index (χ3n) is 11.5. The molecule has 0 aliphatic rings. The number of nitrogens with zero attached hydrogens (tertiary/aromatic N) is 14. The number of carbonyl (C=O) groups is 2. The van der Waals surface area contributed by atoms with Gasteiger partial charge < -0.3 is 59.7 Å². The molecule has 6 aromatic rings. The molecule has 0 bridgehead atoms. The van der Waals surface area contributed by atoms with Crippen molar-refractivity contribution in [2.45, 2.75) is 66.5 Å². The summed E-state index contributed by atoms with van der Waals surface area (Å²) >= 11 is 2.59. The molecular weight excluding hydrogens is 1060 g/mol.